The monoisotopic (exact) mass is 451 g/mol. The number of rotatable bonds is 5. The van der Waals surface area contributed by atoms with Gasteiger partial charge in [0.05, 0.1) is 17.6 Å². The molecule has 2 aromatic heterocycles. The fourth-order valence-electron chi connectivity index (χ4n) is 4.22. The van der Waals surface area contributed by atoms with Gasteiger partial charge in [0, 0.05) is 5.69 Å². The number of nitrogens with zero attached hydrogens (tertiary/aromatic N) is 4. The van der Waals surface area contributed by atoms with E-state index in [2.05, 4.69) is 15.4 Å². The molecule has 0 bridgehead atoms. The number of aryl methyl sites for hydroxylation is 3. The van der Waals surface area contributed by atoms with Crippen molar-refractivity contribution < 1.29 is 4.79 Å². The molecule has 0 spiro atoms. The lowest BCUT2D eigenvalue weighted by Gasteiger charge is -2.13. The Morgan fingerprint density at radius 2 is 1.68 bits per heavy atom. The number of hydrogen-bond acceptors (Lipinski definition) is 4. The van der Waals surface area contributed by atoms with Crippen molar-refractivity contribution in [2.24, 2.45) is 0 Å². The molecule has 1 amide bonds. The third-order valence-corrected chi connectivity index (χ3v) is 6.13. The van der Waals surface area contributed by atoms with Crippen molar-refractivity contribution in [3.05, 3.63) is 105 Å². The van der Waals surface area contributed by atoms with Gasteiger partial charge in [0.1, 0.15) is 0 Å². The van der Waals surface area contributed by atoms with Crippen molar-refractivity contribution in [1.29, 1.82) is 0 Å². The standard InChI is InChI=1S/C27H25N5O2/c1-4-19-10-7-8-12-21(19)28-26(33)24-29-25-27(34)31(16-20-11-6-5-9-18(20)3)23-15-17(2)13-14-22(23)32(25)30-24/h5-15H,4,16H2,1-3H3,(H,28,33). The lowest BCUT2D eigenvalue weighted by Crippen LogP contribution is -2.24. The first-order chi connectivity index (χ1) is 16.5. The number of fused-ring (bicyclic) bond motifs is 3. The van der Waals surface area contributed by atoms with Crippen molar-refractivity contribution in [1.82, 2.24) is 19.2 Å². The number of anilines is 1. The largest absolute Gasteiger partial charge is 0.319 e. The minimum absolute atomic E-state index is 0.0430. The van der Waals surface area contributed by atoms with Gasteiger partial charge in [-0.15, -0.1) is 5.10 Å². The van der Waals surface area contributed by atoms with Gasteiger partial charge in [-0.2, -0.15) is 4.98 Å². The summed E-state index contributed by atoms with van der Waals surface area (Å²) < 4.78 is 3.19. The summed E-state index contributed by atoms with van der Waals surface area (Å²) in [4.78, 5) is 31.0. The second-order valence-corrected chi connectivity index (χ2v) is 8.45. The van der Waals surface area contributed by atoms with Gasteiger partial charge < -0.3 is 5.32 Å². The number of carbonyl (C=O) groups excluding carboxylic acids is 1. The number of benzene rings is 3. The number of hydrogen-bond donors (Lipinski definition) is 1. The molecule has 2 heterocycles. The van der Waals surface area contributed by atoms with E-state index >= 15 is 0 Å². The molecule has 0 saturated heterocycles. The van der Waals surface area contributed by atoms with Crippen LogP contribution in [0.4, 0.5) is 5.69 Å². The Kier molecular flexibility index (Phi) is 5.45. The molecule has 0 fully saturated rings. The number of nitrogens with one attached hydrogen (secondary N) is 1. The first-order valence-electron chi connectivity index (χ1n) is 11.3. The highest BCUT2D eigenvalue weighted by Gasteiger charge is 2.20. The van der Waals surface area contributed by atoms with Gasteiger partial charge >= 0.3 is 0 Å². The third kappa shape index (κ3) is 3.75. The average molecular weight is 452 g/mol. The van der Waals surface area contributed by atoms with Crippen molar-refractivity contribution in [2.45, 2.75) is 33.7 Å². The first-order valence-corrected chi connectivity index (χ1v) is 11.3. The summed E-state index contributed by atoms with van der Waals surface area (Å²) in [5, 5.41) is 7.32. The van der Waals surface area contributed by atoms with Gasteiger partial charge in [0.15, 0.2) is 0 Å². The van der Waals surface area contributed by atoms with E-state index in [1.54, 1.807) is 4.57 Å². The highest BCUT2D eigenvalue weighted by atomic mass is 16.2. The zero-order valence-corrected chi connectivity index (χ0v) is 19.4. The summed E-state index contributed by atoms with van der Waals surface area (Å²) in [6.07, 6.45) is 0.780. The summed E-state index contributed by atoms with van der Waals surface area (Å²) in [6, 6.07) is 21.4. The maximum absolute atomic E-state index is 13.6. The van der Waals surface area contributed by atoms with Crippen LogP contribution < -0.4 is 10.9 Å². The molecule has 0 aliphatic rings. The number of aromatic nitrogens is 4. The van der Waals surface area contributed by atoms with Crippen LogP contribution in [0.5, 0.6) is 0 Å². The van der Waals surface area contributed by atoms with Gasteiger partial charge in [-0.1, -0.05) is 55.5 Å². The van der Waals surface area contributed by atoms with E-state index in [1.165, 1.54) is 4.52 Å². The van der Waals surface area contributed by atoms with Crippen LogP contribution in [0.3, 0.4) is 0 Å². The number of amides is 1. The van der Waals surface area contributed by atoms with Crippen molar-refractivity contribution >= 4 is 28.3 Å². The molecule has 34 heavy (non-hydrogen) atoms. The molecule has 0 unspecified atom stereocenters. The average Bonchev–Trinajstić information content (AvgIpc) is 3.29. The molecule has 5 aromatic rings. The molecule has 1 N–H and O–H groups in total. The molecule has 170 valence electrons. The van der Waals surface area contributed by atoms with Gasteiger partial charge in [0.2, 0.25) is 11.5 Å². The Balaban J connectivity index is 1.65. The van der Waals surface area contributed by atoms with Crippen LogP contribution in [0, 0.1) is 13.8 Å². The smallest absolute Gasteiger partial charge is 0.296 e. The highest BCUT2D eigenvalue weighted by molar-refractivity contribution is 6.02. The Morgan fingerprint density at radius 1 is 0.941 bits per heavy atom. The van der Waals surface area contributed by atoms with Crippen molar-refractivity contribution in [2.75, 3.05) is 5.32 Å². The number of carbonyl (C=O) groups is 1. The van der Waals surface area contributed by atoms with Crippen LogP contribution in [0.2, 0.25) is 0 Å². The molecule has 0 radical (unpaired) electrons. The Labute approximate surface area is 196 Å². The van der Waals surface area contributed by atoms with E-state index < -0.39 is 5.91 Å². The summed E-state index contributed by atoms with van der Waals surface area (Å²) in [7, 11) is 0. The summed E-state index contributed by atoms with van der Waals surface area (Å²) in [5.74, 6) is -0.492. The third-order valence-electron chi connectivity index (χ3n) is 6.13. The molecule has 0 aliphatic heterocycles. The molecule has 0 aliphatic carbocycles. The number of para-hydroxylation sites is 1. The Bertz CT molecular complexity index is 1610. The second kappa shape index (κ2) is 8.59. The first kappa shape index (κ1) is 21.6. The summed E-state index contributed by atoms with van der Waals surface area (Å²) in [6.45, 7) is 6.44. The van der Waals surface area contributed by atoms with Crippen LogP contribution in [0.25, 0.3) is 16.7 Å². The molecule has 7 heteroatoms. The van der Waals surface area contributed by atoms with Crippen molar-refractivity contribution in [3.63, 3.8) is 0 Å². The van der Waals surface area contributed by atoms with Gasteiger partial charge in [-0.25, -0.2) is 4.52 Å². The molecule has 7 nitrogen and oxygen atoms in total. The Morgan fingerprint density at radius 3 is 2.44 bits per heavy atom. The quantitative estimate of drug-likeness (QED) is 0.426. The predicted molar refractivity (Wildman–Crippen MR) is 134 cm³/mol. The normalized spacial score (nSPS) is 11.3. The summed E-state index contributed by atoms with van der Waals surface area (Å²) in [5.41, 5.74) is 6.20. The molecular weight excluding hydrogens is 426 g/mol. The minimum atomic E-state index is -0.449. The lowest BCUT2D eigenvalue weighted by molar-refractivity contribution is 0.101. The van der Waals surface area contributed by atoms with E-state index in [0.717, 1.165) is 34.2 Å². The van der Waals surface area contributed by atoms with Crippen LogP contribution >= 0.6 is 0 Å². The van der Waals surface area contributed by atoms with Crippen LogP contribution in [0.15, 0.2) is 71.5 Å². The van der Waals surface area contributed by atoms with Crippen molar-refractivity contribution in [3.8, 4) is 0 Å². The van der Waals surface area contributed by atoms with Gasteiger partial charge in [-0.05, 0) is 60.7 Å². The van der Waals surface area contributed by atoms with E-state index in [4.69, 9.17) is 0 Å². The molecule has 0 atom stereocenters. The zero-order chi connectivity index (χ0) is 23.8. The van der Waals surface area contributed by atoms with Gasteiger partial charge in [0.25, 0.3) is 11.5 Å². The van der Waals surface area contributed by atoms with Crippen LogP contribution in [-0.4, -0.2) is 25.1 Å². The van der Waals surface area contributed by atoms with Crippen LogP contribution in [0.1, 0.15) is 39.8 Å². The second-order valence-electron chi connectivity index (χ2n) is 8.45. The molecule has 5 rings (SSSR count). The maximum Gasteiger partial charge on any atom is 0.296 e. The fourth-order valence-corrected chi connectivity index (χ4v) is 4.22. The molecule has 0 saturated carbocycles. The van der Waals surface area contributed by atoms with E-state index in [1.807, 2.05) is 87.5 Å². The van der Waals surface area contributed by atoms with E-state index in [0.29, 0.717) is 17.7 Å². The highest BCUT2D eigenvalue weighted by Crippen LogP contribution is 2.19. The van der Waals surface area contributed by atoms with Gasteiger partial charge in [-0.3, -0.25) is 14.2 Å². The Hall–Kier alpha value is -4.26. The van der Waals surface area contributed by atoms with E-state index in [9.17, 15) is 9.59 Å². The zero-order valence-electron chi connectivity index (χ0n) is 19.4. The molecule has 3 aromatic carbocycles. The van der Waals surface area contributed by atoms with Crippen LogP contribution in [-0.2, 0) is 13.0 Å². The lowest BCUT2D eigenvalue weighted by atomic mass is 10.1. The topological polar surface area (TPSA) is 81.3 Å². The summed E-state index contributed by atoms with van der Waals surface area (Å²) >= 11 is 0. The van der Waals surface area contributed by atoms with E-state index in [-0.39, 0.29) is 17.0 Å². The maximum atomic E-state index is 13.6. The fraction of sp³-hybridized carbons (Fsp3) is 0.185. The SMILES string of the molecule is CCc1ccccc1NC(=O)c1nc2c(=O)n(Cc3ccccc3C)c3cc(C)ccc3n2n1. The predicted octanol–water partition coefficient (Wildman–Crippen LogP) is 4.52. The minimum Gasteiger partial charge on any atom is -0.319 e. The molecular formula is C27H25N5O2.